The lowest BCUT2D eigenvalue weighted by Crippen LogP contribution is -2.10. The normalized spacial score (nSPS) is 11.3. The SMILES string of the molecule is c1ccc(-c2ccc(N(c3cccc(-c4ccccc4)c3)c3cc(-c4ccccc4)cc(-c4cc5c6ccccc6ccc5c5ccccc45)c3)cc2)cc1. The molecule has 0 aromatic heterocycles. The molecule has 10 aromatic rings. The Labute approximate surface area is 322 Å². The summed E-state index contributed by atoms with van der Waals surface area (Å²) in [7, 11) is 0. The van der Waals surface area contributed by atoms with Crippen LogP contribution in [0.3, 0.4) is 0 Å². The second-order valence-corrected chi connectivity index (χ2v) is 14.2. The Morgan fingerprint density at radius 2 is 0.727 bits per heavy atom. The molecule has 0 atom stereocenters. The molecule has 1 nitrogen and oxygen atoms in total. The molecule has 0 aliphatic carbocycles. The number of nitrogens with zero attached hydrogens (tertiary/aromatic N) is 1. The Morgan fingerprint density at radius 1 is 0.218 bits per heavy atom. The summed E-state index contributed by atoms with van der Waals surface area (Å²) < 4.78 is 0. The molecule has 0 saturated carbocycles. The van der Waals surface area contributed by atoms with E-state index in [0.29, 0.717) is 0 Å². The van der Waals surface area contributed by atoms with Crippen LogP contribution in [-0.2, 0) is 0 Å². The third-order valence-electron chi connectivity index (χ3n) is 10.8. The van der Waals surface area contributed by atoms with Crippen molar-refractivity contribution in [1.82, 2.24) is 0 Å². The number of benzene rings is 10. The number of rotatable bonds is 7. The lowest BCUT2D eigenvalue weighted by Gasteiger charge is -2.28. The highest BCUT2D eigenvalue weighted by Gasteiger charge is 2.19. The van der Waals surface area contributed by atoms with Gasteiger partial charge in [-0.25, -0.2) is 0 Å². The zero-order chi connectivity index (χ0) is 36.6. The quantitative estimate of drug-likeness (QED) is 0.150. The van der Waals surface area contributed by atoms with Gasteiger partial charge in [-0.2, -0.15) is 0 Å². The Bertz CT molecular complexity index is 2950. The zero-order valence-electron chi connectivity index (χ0n) is 30.3. The van der Waals surface area contributed by atoms with Gasteiger partial charge in [-0.05, 0) is 125 Å². The summed E-state index contributed by atoms with van der Waals surface area (Å²) in [5.74, 6) is 0. The standard InChI is InChI=1S/C54H37N/c1-4-15-38(16-5-1)41-27-30-46(31-28-41)55(47-23-14-22-43(34-47)39-17-6-2-7-18-39)48-35-44(40-19-8-3-9-20-40)33-45(36-48)53-37-54-49-24-11-10-21-42(49)29-32-52(54)50-25-12-13-26-51(50)53/h1-37H. The van der Waals surface area contributed by atoms with Crippen molar-refractivity contribution in [1.29, 1.82) is 0 Å². The van der Waals surface area contributed by atoms with Crippen molar-refractivity contribution in [2.45, 2.75) is 0 Å². The van der Waals surface area contributed by atoms with Crippen molar-refractivity contribution in [2.24, 2.45) is 0 Å². The van der Waals surface area contributed by atoms with E-state index < -0.39 is 0 Å². The molecule has 10 rings (SSSR count). The van der Waals surface area contributed by atoms with Gasteiger partial charge in [0.2, 0.25) is 0 Å². The van der Waals surface area contributed by atoms with Crippen LogP contribution >= 0.6 is 0 Å². The van der Waals surface area contributed by atoms with Crippen molar-refractivity contribution in [3.05, 3.63) is 224 Å². The van der Waals surface area contributed by atoms with Crippen LogP contribution < -0.4 is 4.90 Å². The fraction of sp³-hybridized carbons (Fsp3) is 0. The second-order valence-electron chi connectivity index (χ2n) is 14.2. The van der Waals surface area contributed by atoms with E-state index in [1.165, 1.54) is 76.8 Å². The Hall–Kier alpha value is -7.22. The smallest absolute Gasteiger partial charge is 0.0473 e. The van der Waals surface area contributed by atoms with Gasteiger partial charge in [0.25, 0.3) is 0 Å². The molecular weight excluding hydrogens is 663 g/mol. The summed E-state index contributed by atoms with van der Waals surface area (Å²) in [5.41, 5.74) is 12.8. The molecule has 0 N–H and O–H groups in total. The van der Waals surface area contributed by atoms with Crippen LogP contribution in [0.1, 0.15) is 0 Å². The van der Waals surface area contributed by atoms with Crippen molar-refractivity contribution in [3.8, 4) is 44.5 Å². The van der Waals surface area contributed by atoms with E-state index in [1.54, 1.807) is 0 Å². The first-order valence-corrected chi connectivity index (χ1v) is 18.9. The molecule has 0 radical (unpaired) electrons. The number of hydrogen-bond donors (Lipinski definition) is 0. The number of hydrogen-bond acceptors (Lipinski definition) is 1. The van der Waals surface area contributed by atoms with Gasteiger partial charge in [-0.1, -0.05) is 176 Å². The maximum atomic E-state index is 2.42. The van der Waals surface area contributed by atoms with Gasteiger partial charge in [-0.3, -0.25) is 0 Å². The van der Waals surface area contributed by atoms with E-state index in [0.717, 1.165) is 17.1 Å². The fourth-order valence-electron chi connectivity index (χ4n) is 8.13. The van der Waals surface area contributed by atoms with Crippen molar-refractivity contribution < 1.29 is 0 Å². The summed E-state index contributed by atoms with van der Waals surface area (Å²) >= 11 is 0. The summed E-state index contributed by atoms with van der Waals surface area (Å²) in [4.78, 5) is 2.41. The van der Waals surface area contributed by atoms with Gasteiger partial charge >= 0.3 is 0 Å². The maximum absolute atomic E-state index is 2.42. The van der Waals surface area contributed by atoms with Crippen LogP contribution in [0.2, 0.25) is 0 Å². The molecule has 0 aliphatic rings. The van der Waals surface area contributed by atoms with E-state index in [4.69, 9.17) is 0 Å². The monoisotopic (exact) mass is 699 g/mol. The molecule has 55 heavy (non-hydrogen) atoms. The molecule has 258 valence electrons. The fourth-order valence-corrected chi connectivity index (χ4v) is 8.13. The predicted molar refractivity (Wildman–Crippen MR) is 235 cm³/mol. The minimum Gasteiger partial charge on any atom is -0.310 e. The van der Waals surface area contributed by atoms with Gasteiger partial charge in [0.05, 0.1) is 0 Å². The number of anilines is 3. The van der Waals surface area contributed by atoms with Gasteiger partial charge in [-0.15, -0.1) is 0 Å². The first-order chi connectivity index (χ1) is 27.3. The van der Waals surface area contributed by atoms with Crippen LogP contribution in [0.5, 0.6) is 0 Å². The summed E-state index contributed by atoms with van der Waals surface area (Å²) in [5, 5.41) is 7.56. The Kier molecular flexibility index (Phi) is 8.24. The molecule has 0 saturated heterocycles. The molecule has 0 heterocycles. The average Bonchev–Trinajstić information content (AvgIpc) is 3.27. The van der Waals surface area contributed by atoms with Gasteiger partial charge in [0.1, 0.15) is 0 Å². The molecule has 0 fully saturated rings. The van der Waals surface area contributed by atoms with Crippen molar-refractivity contribution >= 4 is 49.4 Å². The van der Waals surface area contributed by atoms with E-state index in [9.17, 15) is 0 Å². The molecule has 1 heteroatoms. The largest absolute Gasteiger partial charge is 0.310 e. The molecule has 0 unspecified atom stereocenters. The van der Waals surface area contributed by atoms with Crippen LogP contribution in [0.25, 0.3) is 76.8 Å². The highest BCUT2D eigenvalue weighted by molar-refractivity contribution is 6.21. The van der Waals surface area contributed by atoms with Gasteiger partial charge in [0, 0.05) is 17.1 Å². The first-order valence-electron chi connectivity index (χ1n) is 18.9. The molecule has 10 aromatic carbocycles. The van der Waals surface area contributed by atoms with Crippen molar-refractivity contribution in [3.63, 3.8) is 0 Å². The molecular formula is C54H37N. The lowest BCUT2D eigenvalue weighted by atomic mass is 9.89. The van der Waals surface area contributed by atoms with E-state index in [1.807, 2.05) is 0 Å². The Balaban J connectivity index is 1.24. The third-order valence-corrected chi connectivity index (χ3v) is 10.8. The first kappa shape index (κ1) is 32.4. The van der Waals surface area contributed by atoms with Crippen LogP contribution in [0, 0.1) is 0 Å². The molecule has 0 aliphatic heterocycles. The maximum Gasteiger partial charge on any atom is 0.0473 e. The van der Waals surface area contributed by atoms with E-state index in [-0.39, 0.29) is 0 Å². The minimum absolute atomic E-state index is 1.09. The summed E-state index contributed by atoms with van der Waals surface area (Å²) in [6.45, 7) is 0. The van der Waals surface area contributed by atoms with Crippen LogP contribution in [0.4, 0.5) is 17.1 Å². The molecule has 0 spiro atoms. The molecule has 0 bridgehead atoms. The van der Waals surface area contributed by atoms with Gasteiger partial charge < -0.3 is 4.90 Å². The predicted octanol–water partition coefficient (Wildman–Crippen LogP) is 15.3. The van der Waals surface area contributed by atoms with E-state index >= 15 is 0 Å². The lowest BCUT2D eigenvalue weighted by molar-refractivity contribution is 1.28. The summed E-state index contributed by atoms with van der Waals surface area (Å²) in [6, 6.07) is 81.6. The topological polar surface area (TPSA) is 3.24 Å². The zero-order valence-corrected chi connectivity index (χ0v) is 30.3. The minimum atomic E-state index is 1.09. The van der Waals surface area contributed by atoms with E-state index in [2.05, 4.69) is 229 Å². The van der Waals surface area contributed by atoms with Crippen molar-refractivity contribution in [2.75, 3.05) is 4.90 Å². The molecule has 0 amide bonds. The highest BCUT2D eigenvalue weighted by Crippen LogP contribution is 2.44. The average molecular weight is 700 g/mol. The van der Waals surface area contributed by atoms with Crippen LogP contribution in [-0.4, -0.2) is 0 Å². The highest BCUT2D eigenvalue weighted by atomic mass is 15.1. The van der Waals surface area contributed by atoms with Gasteiger partial charge in [0.15, 0.2) is 0 Å². The number of fused-ring (bicyclic) bond motifs is 5. The van der Waals surface area contributed by atoms with Crippen LogP contribution in [0.15, 0.2) is 224 Å². The summed E-state index contributed by atoms with van der Waals surface area (Å²) in [6.07, 6.45) is 0. The Morgan fingerprint density at radius 3 is 1.44 bits per heavy atom. The second kappa shape index (κ2) is 14.0. The third kappa shape index (κ3) is 6.12.